The Morgan fingerprint density at radius 3 is 2.66 bits per heavy atom. The number of hydrogen-bond donors (Lipinski definition) is 1. The van der Waals surface area contributed by atoms with E-state index >= 15 is 0 Å². The van der Waals surface area contributed by atoms with Crippen LogP contribution in [0.4, 0.5) is 5.69 Å². The van der Waals surface area contributed by atoms with Crippen LogP contribution in [0.5, 0.6) is 0 Å². The average molecular weight is 411 g/mol. The highest BCUT2D eigenvalue weighted by molar-refractivity contribution is 7.13. The van der Waals surface area contributed by atoms with Gasteiger partial charge in [0.15, 0.2) is 10.8 Å². The highest BCUT2D eigenvalue weighted by Gasteiger charge is 2.17. The smallest absolute Gasteiger partial charge is 0.226 e. The van der Waals surface area contributed by atoms with Crippen LogP contribution in [0.15, 0.2) is 52.3 Å². The first-order valence-electron chi connectivity index (χ1n) is 9.97. The third-order valence-electron chi connectivity index (χ3n) is 5.09. The van der Waals surface area contributed by atoms with Crippen molar-refractivity contribution in [3.8, 4) is 10.8 Å². The number of anilines is 1. The number of furan rings is 1. The van der Waals surface area contributed by atoms with Crippen molar-refractivity contribution in [2.45, 2.75) is 13.3 Å². The van der Waals surface area contributed by atoms with Crippen molar-refractivity contribution >= 4 is 22.9 Å². The van der Waals surface area contributed by atoms with Crippen molar-refractivity contribution < 1.29 is 9.21 Å². The molecule has 2 aromatic heterocycles. The first-order valence-corrected chi connectivity index (χ1v) is 10.9. The second kappa shape index (κ2) is 9.24. The molecule has 152 valence electrons. The number of nitrogens with zero attached hydrogens (tertiary/aromatic N) is 3. The number of rotatable bonds is 7. The van der Waals surface area contributed by atoms with E-state index in [0.29, 0.717) is 13.0 Å². The topological polar surface area (TPSA) is 61.6 Å². The maximum atomic E-state index is 12.2. The predicted molar refractivity (Wildman–Crippen MR) is 116 cm³/mol. The van der Waals surface area contributed by atoms with Crippen molar-refractivity contribution in [3.05, 3.63) is 59.3 Å². The maximum Gasteiger partial charge on any atom is 0.226 e. The number of para-hydroxylation sites is 1. The third-order valence-corrected chi connectivity index (χ3v) is 5.99. The highest BCUT2D eigenvalue weighted by Crippen LogP contribution is 2.25. The van der Waals surface area contributed by atoms with Gasteiger partial charge in [-0.25, -0.2) is 4.98 Å². The lowest BCUT2D eigenvalue weighted by Crippen LogP contribution is -2.48. The zero-order chi connectivity index (χ0) is 20.1. The monoisotopic (exact) mass is 410 g/mol. The number of aryl methyl sites for hydroxylation is 1. The Labute approximate surface area is 175 Å². The fraction of sp³-hybridized carbons (Fsp3) is 0.364. The van der Waals surface area contributed by atoms with E-state index in [-0.39, 0.29) is 5.91 Å². The highest BCUT2D eigenvalue weighted by atomic mass is 32.1. The van der Waals surface area contributed by atoms with Crippen LogP contribution in [0.2, 0.25) is 0 Å². The van der Waals surface area contributed by atoms with E-state index in [1.165, 1.54) is 17.0 Å². The molecule has 0 spiro atoms. The summed E-state index contributed by atoms with van der Waals surface area (Å²) in [6.07, 6.45) is 0.304. The molecule has 0 radical (unpaired) electrons. The van der Waals surface area contributed by atoms with Crippen molar-refractivity contribution in [2.75, 3.05) is 44.2 Å². The number of amides is 1. The first kappa shape index (κ1) is 19.7. The Hall–Kier alpha value is -2.64. The molecule has 0 saturated carbocycles. The summed E-state index contributed by atoms with van der Waals surface area (Å²) in [5.74, 6) is 1.63. The van der Waals surface area contributed by atoms with E-state index in [1.807, 2.05) is 30.5 Å². The van der Waals surface area contributed by atoms with Crippen LogP contribution in [-0.2, 0) is 11.2 Å². The number of carbonyl (C=O) groups excluding carboxylic acids is 1. The second-order valence-corrected chi connectivity index (χ2v) is 8.10. The van der Waals surface area contributed by atoms with Gasteiger partial charge in [0.2, 0.25) is 5.91 Å². The first-order chi connectivity index (χ1) is 14.2. The van der Waals surface area contributed by atoms with Gasteiger partial charge in [-0.2, -0.15) is 0 Å². The van der Waals surface area contributed by atoms with Gasteiger partial charge in [0.05, 0.1) is 12.1 Å². The van der Waals surface area contributed by atoms with E-state index in [1.54, 1.807) is 0 Å². The third kappa shape index (κ3) is 5.25. The number of piperazine rings is 1. The molecule has 0 atom stereocenters. The zero-order valence-electron chi connectivity index (χ0n) is 16.6. The molecule has 1 aliphatic rings. The van der Waals surface area contributed by atoms with E-state index in [2.05, 4.69) is 44.4 Å². The molecular weight excluding hydrogens is 384 g/mol. The molecule has 1 aliphatic heterocycles. The molecule has 1 amide bonds. The molecule has 0 bridgehead atoms. The van der Waals surface area contributed by atoms with Crippen molar-refractivity contribution in [1.29, 1.82) is 0 Å². The molecule has 6 nitrogen and oxygen atoms in total. The summed E-state index contributed by atoms with van der Waals surface area (Å²) in [5, 5.41) is 5.76. The van der Waals surface area contributed by atoms with Crippen LogP contribution in [-0.4, -0.2) is 55.1 Å². The Morgan fingerprint density at radius 2 is 1.93 bits per heavy atom. The summed E-state index contributed by atoms with van der Waals surface area (Å²) < 4.78 is 5.59. The van der Waals surface area contributed by atoms with E-state index in [4.69, 9.17) is 4.42 Å². The fourth-order valence-electron chi connectivity index (χ4n) is 3.50. The lowest BCUT2D eigenvalue weighted by Gasteiger charge is -2.36. The molecule has 0 aliphatic carbocycles. The molecule has 29 heavy (non-hydrogen) atoms. The predicted octanol–water partition coefficient (Wildman–Crippen LogP) is 3.19. The number of carbonyl (C=O) groups is 1. The number of thiazole rings is 1. The van der Waals surface area contributed by atoms with Gasteiger partial charge in [0.25, 0.3) is 0 Å². The Kier molecular flexibility index (Phi) is 6.27. The van der Waals surface area contributed by atoms with Gasteiger partial charge < -0.3 is 14.6 Å². The minimum Gasteiger partial charge on any atom is -0.459 e. The summed E-state index contributed by atoms with van der Waals surface area (Å²) in [7, 11) is 0. The normalized spacial score (nSPS) is 14.9. The number of hydrogen-bond acceptors (Lipinski definition) is 6. The van der Waals surface area contributed by atoms with Gasteiger partial charge in [-0.3, -0.25) is 9.69 Å². The van der Waals surface area contributed by atoms with Crippen LogP contribution < -0.4 is 10.2 Å². The summed E-state index contributed by atoms with van der Waals surface area (Å²) in [5.41, 5.74) is 2.07. The summed E-state index contributed by atoms with van der Waals surface area (Å²) in [6, 6.07) is 14.4. The van der Waals surface area contributed by atoms with Gasteiger partial charge in [0, 0.05) is 50.3 Å². The summed E-state index contributed by atoms with van der Waals surface area (Å²) >= 11 is 1.51. The lowest BCUT2D eigenvalue weighted by atomic mass is 10.2. The molecular formula is C22H26N4O2S. The van der Waals surface area contributed by atoms with E-state index in [0.717, 1.165) is 54.9 Å². The van der Waals surface area contributed by atoms with Crippen LogP contribution in [0.3, 0.4) is 0 Å². The molecule has 1 fully saturated rings. The molecule has 1 N–H and O–H groups in total. The minimum atomic E-state index is 0.0143. The average Bonchev–Trinajstić information content (AvgIpc) is 3.38. The van der Waals surface area contributed by atoms with E-state index in [9.17, 15) is 4.79 Å². The van der Waals surface area contributed by atoms with Gasteiger partial charge in [-0.05, 0) is 31.2 Å². The molecule has 4 rings (SSSR count). The maximum absolute atomic E-state index is 12.2. The number of nitrogens with one attached hydrogen (secondary N) is 1. The summed E-state index contributed by atoms with van der Waals surface area (Å²) in [4.78, 5) is 21.6. The summed E-state index contributed by atoms with van der Waals surface area (Å²) in [6.45, 7) is 7.52. The fourth-order valence-corrected chi connectivity index (χ4v) is 4.28. The molecule has 1 aromatic carbocycles. The van der Waals surface area contributed by atoms with Gasteiger partial charge in [-0.15, -0.1) is 11.3 Å². The number of benzene rings is 1. The largest absolute Gasteiger partial charge is 0.459 e. The standard InChI is InChI=1S/C22H26N4O2S/c1-17-7-8-20(28-17)22-24-18(16-29-22)15-21(27)23-9-10-25-11-13-26(14-12-25)19-5-3-2-4-6-19/h2-8,16H,9-15H2,1H3,(H,23,27). The molecule has 3 heterocycles. The van der Waals surface area contributed by atoms with Gasteiger partial charge >= 0.3 is 0 Å². The molecule has 3 aromatic rings. The SMILES string of the molecule is Cc1ccc(-c2nc(CC(=O)NCCN3CCN(c4ccccc4)CC3)cs2)o1. The van der Waals surface area contributed by atoms with Crippen LogP contribution in [0, 0.1) is 6.92 Å². The Bertz CT molecular complexity index is 929. The number of aromatic nitrogens is 1. The van der Waals surface area contributed by atoms with Crippen LogP contribution >= 0.6 is 11.3 Å². The Morgan fingerprint density at radius 1 is 1.14 bits per heavy atom. The van der Waals surface area contributed by atoms with Crippen molar-refractivity contribution in [2.24, 2.45) is 0 Å². The molecule has 0 unspecified atom stereocenters. The van der Waals surface area contributed by atoms with Crippen molar-refractivity contribution in [3.63, 3.8) is 0 Å². The van der Waals surface area contributed by atoms with Gasteiger partial charge in [0.1, 0.15) is 5.76 Å². The van der Waals surface area contributed by atoms with Crippen molar-refractivity contribution in [1.82, 2.24) is 15.2 Å². The second-order valence-electron chi connectivity index (χ2n) is 7.25. The Balaban J connectivity index is 1.17. The quantitative estimate of drug-likeness (QED) is 0.648. The van der Waals surface area contributed by atoms with Crippen LogP contribution in [0.25, 0.3) is 10.8 Å². The lowest BCUT2D eigenvalue weighted by molar-refractivity contribution is -0.120. The minimum absolute atomic E-state index is 0.0143. The molecule has 7 heteroatoms. The molecule has 1 saturated heterocycles. The van der Waals surface area contributed by atoms with Gasteiger partial charge in [-0.1, -0.05) is 18.2 Å². The van der Waals surface area contributed by atoms with Crippen LogP contribution in [0.1, 0.15) is 11.5 Å². The van der Waals surface area contributed by atoms with E-state index < -0.39 is 0 Å². The zero-order valence-corrected chi connectivity index (χ0v) is 17.5.